The molecule has 0 radical (unpaired) electrons. The Bertz CT molecular complexity index is 581. The van der Waals surface area contributed by atoms with E-state index in [4.69, 9.17) is 5.11 Å². The van der Waals surface area contributed by atoms with E-state index in [1.54, 1.807) is 26.8 Å². The third-order valence-electron chi connectivity index (χ3n) is 3.51. The van der Waals surface area contributed by atoms with Crippen molar-refractivity contribution in [2.45, 2.75) is 32.7 Å². The first-order chi connectivity index (χ1) is 9.70. The fourth-order valence-electron chi connectivity index (χ4n) is 2.42. The molecule has 1 aromatic rings. The normalized spacial score (nSPS) is 14.0. The van der Waals surface area contributed by atoms with E-state index in [-0.39, 0.29) is 6.54 Å². The largest absolute Gasteiger partial charge is 0.480 e. The molecule has 0 spiro atoms. The average molecular weight is 294 g/mol. The molecule has 1 N–H and O–H groups in total. The first kappa shape index (κ1) is 15.3. The number of rotatable bonds is 2. The molecule has 0 aromatic heterocycles. The molecule has 0 atom stereocenters. The highest BCUT2D eigenvalue weighted by molar-refractivity contribution is 5.96. The van der Waals surface area contributed by atoms with Crippen molar-refractivity contribution in [3.63, 3.8) is 0 Å². The van der Waals surface area contributed by atoms with Gasteiger partial charge in [0.2, 0.25) is 0 Å². The summed E-state index contributed by atoms with van der Waals surface area (Å²) in [5.41, 5.74) is 0.791. The van der Waals surface area contributed by atoms with Gasteiger partial charge in [-0.05, 0) is 44.9 Å². The van der Waals surface area contributed by atoms with Crippen LogP contribution in [-0.2, 0) is 11.2 Å². The molecule has 2 amide bonds. The van der Waals surface area contributed by atoms with Crippen LogP contribution in [0.2, 0.25) is 0 Å². The fraction of sp³-hybridized carbons (Fsp3) is 0.467. The van der Waals surface area contributed by atoms with Gasteiger partial charge in [0, 0.05) is 12.1 Å². The first-order valence-electron chi connectivity index (χ1n) is 6.79. The molecule has 0 unspecified atom stereocenters. The van der Waals surface area contributed by atoms with Crippen LogP contribution >= 0.6 is 0 Å². The molecule has 6 heteroatoms. The number of carboxylic acids is 1. The Morgan fingerprint density at radius 2 is 2.05 bits per heavy atom. The molecule has 0 saturated heterocycles. The Labute approximate surface area is 123 Å². The average Bonchev–Trinajstić information content (AvgIpc) is 2.76. The van der Waals surface area contributed by atoms with Gasteiger partial charge >= 0.3 is 12.0 Å². The van der Waals surface area contributed by atoms with Crippen molar-refractivity contribution in [3.8, 4) is 0 Å². The number of carbonyl (C=O) groups is 2. The lowest BCUT2D eigenvalue weighted by Gasteiger charge is -2.37. The SMILES string of the molecule is CC(C)(C)N(CC(=O)O)C(=O)N1CCc2ccc(F)cc21. The molecule has 0 saturated carbocycles. The van der Waals surface area contributed by atoms with Crippen LogP contribution < -0.4 is 4.90 Å². The van der Waals surface area contributed by atoms with Crippen molar-refractivity contribution in [1.29, 1.82) is 0 Å². The minimum absolute atomic E-state index is 0.385. The summed E-state index contributed by atoms with van der Waals surface area (Å²) in [7, 11) is 0. The van der Waals surface area contributed by atoms with E-state index in [2.05, 4.69) is 0 Å². The van der Waals surface area contributed by atoms with E-state index in [0.717, 1.165) is 5.56 Å². The van der Waals surface area contributed by atoms with E-state index < -0.39 is 23.4 Å². The molecule has 1 aromatic carbocycles. The monoisotopic (exact) mass is 294 g/mol. The second-order valence-corrected chi connectivity index (χ2v) is 6.11. The Morgan fingerprint density at radius 3 is 2.62 bits per heavy atom. The van der Waals surface area contributed by atoms with Crippen LogP contribution in [-0.4, -0.2) is 40.6 Å². The van der Waals surface area contributed by atoms with Gasteiger partial charge in [-0.25, -0.2) is 9.18 Å². The van der Waals surface area contributed by atoms with Crippen LogP contribution in [0.3, 0.4) is 0 Å². The highest BCUT2D eigenvalue weighted by Gasteiger charge is 2.35. The van der Waals surface area contributed by atoms with Gasteiger partial charge in [-0.15, -0.1) is 0 Å². The number of hydrogen-bond acceptors (Lipinski definition) is 2. The van der Waals surface area contributed by atoms with Crippen molar-refractivity contribution in [1.82, 2.24) is 4.90 Å². The number of benzene rings is 1. The molecule has 0 bridgehead atoms. The second-order valence-electron chi connectivity index (χ2n) is 6.11. The maximum absolute atomic E-state index is 13.4. The van der Waals surface area contributed by atoms with Gasteiger partial charge in [0.15, 0.2) is 0 Å². The van der Waals surface area contributed by atoms with Crippen molar-refractivity contribution in [2.24, 2.45) is 0 Å². The zero-order valence-corrected chi connectivity index (χ0v) is 12.4. The standard InChI is InChI=1S/C15H19FN2O3/c1-15(2,3)18(9-13(19)20)14(21)17-7-6-10-4-5-11(16)8-12(10)17/h4-5,8H,6-7,9H2,1-3H3,(H,19,20). The Hall–Kier alpha value is -2.11. The molecule has 1 heterocycles. The predicted octanol–water partition coefficient (Wildman–Crippen LogP) is 2.49. The lowest BCUT2D eigenvalue weighted by molar-refractivity contribution is -0.138. The fourth-order valence-corrected chi connectivity index (χ4v) is 2.42. The number of aliphatic carboxylic acids is 1. The molecular formula is C15H19FN2O3. The summed E-state index contributed by atoms with van der Waals surface area (Å²) >= 11 is 0. The van der Waals surface area contributed by atoms with Gasteiger partial charge in [0.25, 0.3) is 0 Å². The second kappa shape index (κ2) is 5.35. The first-order valence-corrected chi connectivity index (χ1v) is 6.79. The summed E-state index contributed by atoms with van der Waals surface area (Å²) in [6.45, 7) is 5.37. The van der Waals surface area contributed by atoms with Gasteiger partial charge in [0.1, 0.15) is 12.4 Å². The Balaban J connectivity index is 2.32. The number of fused-ring (bicyclic) bond motifs is 1. The maximum Gasteiger partial charge on any atom is 0.325 e. The van der Waals surface area contributed by atoms with Crippen molar-refractivity contribution in [3.05, 3.63) is 29.6 Å². The van der Waals surface area contributed by atoms with Crippen molar-refractivity contribution >= 4 is 17.7 Å². The number of carbonyl (C=O) groups excluding carboxylic acids is 1. The topological polar surface area (TPSA) is 60.9 Å². The Kier molecular flexibility index (Phi) is 3.89. The maximum atomic E-state index is 13.4. The number of hydrogen-bond donors (Lipinski definition) is 1. The number of carboxylic acid groups (broad SMARTS) is 1. The lowest BCUT2D eigenvalue weighted by Crippen LogP contribution is -2.53. The summed E-state index contributed by atoms with van der Waals surface area (Å²) in [4.78, 5) is 26.4. The summed E-state index contributed by atoms with van der Waals surface area (Å²) in [5.74, 6) is -1.48. The molecule has 21 heavy (non-hydrogen) atoms. The molecule has 0 aliphatic carbocycles. The zero-order valence-electron chi connectivity index (χ0n) is 12.4. The summed E-state index contributed by atoms with van der Waals surface area (Å²) in [6, 6.07) is 3.94. The van der Waals surface area contributed by atoms with Crippen LogP contribution in [0.5, 0.6) is 0 Å². The van der Waals surface area contributed by atoms with Gasteiger partial charge in [-0.1, -0.05) is 6.07 Å². The molecule has 0 fully saturated rings. The van der Waals surface area contributed by atoms with E-state index in [0.29, 0.717) is 18.7 Å². The lowest BCUT2D eigenvalue weighted by atomic mass is 10.1. The molecule has 1 aliphatic heterocycles. The summed E-state index contributed by atoms with van der Waals surface area (Å²) < 4.78 is 13.4. The third-order valence-corrected chi connectivity index (χ3v) is 3.51. The Morgan fingerprint density at radius 1 is 1.38 bits per heavy atom. The molecule has 2 rings (SSSR count). The predicted molar refractivity (Wildman–Crippen MR) is 76.9 cm³/mol. The van der Waals surface area contributed by atoms with Crippen molar-refractivity contribution in [2.75, 3.05) is 18.0 Å². The minimum atomic E-state index is -1.07. The van der Waals surface area contributed by atoms with Crippen LogP contribution in [0.1, 0.15) is 26.3 Å². The highest BCUT2D eigenvalue weighted by Crippen LogP contribution is 2.30. The molecule has 5 nitrogen and oxygen atoms in total. The molecule has 114 valence electrons. The third kappa shape index (κ3) is 3.15. The van der Waals surface area contributed by atoms with Crippen LogP contribution in [0.4, 0.5) is 14.9 Å². The van der Waals surface area contributed by atoms with Gasteiger partial charge in [-0.2, -0.15) is 0 Å². The van der Waals surface area contributed by atoms with Crippen LogP contribution in [0.25, 0.3) is 0 Å². The van der Waals surface area contributed by atoms with Gasteiger partial charge in [-0.3, -0.25) is 9.69 Å². The van der Waals surface area contributed by atoms with E-state index in [1.807, 2.05) is 0 Å². The van der Waals surface area contributed by atoms with Crippen molar-refractivity contribution < 1.29 is 19.1 Å². The van der Waals surface area contributed by atoms with Crippen LogP contribution in [0.15, 0.2) is 18.2 Å². The number of anilines is 1. The van der Waals surface area contributed by atoms with E-state index in [1.165, 1.54) is 21.9 Å². The minimum Gasteiger partial charge on any atom is -0.480 e. The van der Waals surface area contributed by atoms with E-state index in [9.17, 15) is 14.0 Å². The highest BCUT2D eigenvalue weighted by atomic mass is 19.1. The van der Waals surface area contributed by atoms with E-state index >= 15 is 0 Å². The van der Waals surface area contributed by atoms with Gasteiger partial charge in [0.05, 0.1) is 5.69 Å². The number of halogens is 1. The van der Waals surface area contributed by atoms with Gasteiger partial charge < -0.3 is 10.0 Å². The molecular weight excluding hydrogens is 275 g/mol. The zero-order chi connectivity index (χ0) is 15.8. The number of amides is 2. The van der Waals surface area contributed by atoms with Crippen LogP contribution in [0, 0.1) is 5.82 Å². The smallest absolute Gasteiger partial charge is 0.325 e. The summed E-state index contributed by atoms with van der Waals surface area (Å²) in [5, 5.41) is 9.01. The summed E-state index contributed by atoms with van der Waals surface area (Å²) in [6.07, 6.45) is 0.645. The number of urea groups is 1. The number of nitrogens with zero attached hydrogens (tertiary/aromatic N) is 2. The molecule has 1 aliphatic rings. The quantitative estimate of drug-likeness (QED) is 0.911.